The molecule has 0 saturated carbocycles. The zero-order valence-corrected chi connectivity index (χ0v) is 30.7. The molecule has 0 bridgehead atoms. The van der Waals surface area contributed by atoms with Crippen LogP contribution in [-0.4, -0.2) is 88.1 Å². The summed E-state index contributed by atoms with van der Waals surface area (Å²) in [4.78, 5) is 35.7. The maximum atomic E-state index is 12.5. The molecule has 0 aromatic rings. The van der Waals surface area contributed by atoms with Gasteiger partial charge in [-0.25, -0.2) is 0 Å². The molecular weight excluding hydrogens is 606 g/mol. The highest BCUT2D eigenvalue weighted by Crippen LogP contribution is 2.48. The lowest BCUT2D eigenvalue weighted by molar-refractivity contribution is -0.156. The predicted octanol–water partition coefficient (Wildman–Crippen LogP) is 5.57. The van der Waals surface area contributed by atoms with Gasteiger partial charge in [-0.1, -0.05) is 51.5 Å². The first-order valence-corrected chi connectivity index (χ1v) is 19.5. The lowest BCUT2D eigenvalue weighted by Crippen LogP contribution is -2.57. The minimum atomic E-state index is -2.15. The van der Waals surface area contributed by atoms with E-state index in [1.165, 1.54) is 20.1 Å². The normalized spacial score (nSPS) is 32.8. The number of amides is 1. The van der Waals surface area contributed by atoms with E-state index in [1.54, 1.807) is 13.0 Å². The van der Waals surface area contributed by atoms with Crippen molar-refractivity contribution in [3.63, 3.8) is 0 Å². The van der Waals surface area contributed by atoms with Crippen LogP contribution in [0.4, 0.5) is 0 Å². The van der Waals surface area contributed by atoms with Gasteiger partial charge in [-0.2, -0.15) is 0 Å². The largest absolute Gasteiger partial charge is 0.469 e. The fourth-order valence-electron chi connectivity index (χ4n) is 5.81. The number of esters is 2. The van der Waals surface area contributed by atoms with E-state index in [1.807, 2.05) is 13.0 Å². The van der Waals surface area contributed by atoms with Crippen molar-refractivity contribution in [2.45, 2.75) is 147 Å². The maximum Gasteiger partial charge on any atom is 0.308 e. The number of hydrogen-bond donors (Lipinski definition) is 1. The molecule has 46 heavy (non-hydrogen) atoms. The van der Waals surface area contributed by atoms with Crippen LogP contribution < -0.4 is 5.32 Å². The van der Waals surface area contributed by atoms with E-state index < -0.39 is 20.0 Å². The summed E-state index contributed by atoms with van der Waals surface area (Å²) in [6.45, 7) is 20.9. The molecule has 0 unspecified atom stereocenters. The molecule has 3 saturated heterocycles. The molecule has 3 fully saturated rings. The monoisotopic (exact) mass is 663 g/mol. The Bertz CT molecular complexity index is 1170. The van der Waals surface area contributed by atoms with Crippen LogP contribution in [0.5, 0.6) is 0 Å². The van der Waals surface area contributed by atoms with Gasteiger partial charge in [-0.15, -0.1) is 0 Å². The van der Waals surface area contributed by atoms with Gasteiger partial charge in [-0.05, 0) is 63.7 Å². The van der Waals surface area contributed by atoms with Crippen molar-refractivity contribution in [3.8, 4) is 0 Å². The van der Waals surface area contributed by atoms with E-state index in [9.17, 15) is 14.4 Å². The molecular formula is C35H57NO9Si. The van der Waals surface area contributed by atoms with E-state index in [2.05, 4.69) is 65.2 Å². The van der Waals surface area contributed by atoms with Crippen LogP contribution in [0.2, 0.25) is 18.1 Å². The standard InChI is InChI=1S/C35H57NO9Si/c1-22(12-15-29-23(2)18-28(25(4)43-29)36-31(38)17-14-24(3)42-26(5)37)13-16-30-33(45-46(10,11)34(6,7)8)35(21-41-35)20-27(44-30)19-32(39)40-9/h12-14,16-17,23-25,27-30,33H,15,18-21H2,1-11H3,(H,36,38)/b16-13+,17-14-,22-12+/t23-,24-,25+,27+,28+,29-,30+,33+,35+/m0/s1. The summed E-state index contributed by atoms with van der Waals surface area (Å²) in [5.41, 5.74) is 0.615. The van der Waals surface area contributed by atoms with E-state index in [4.69, 9.17) is 28.1 Å². The number of rotatable bonds is 12. The van der Waals surface area contributed by atoms with Gasteiger partial charge in [0.1, 0.15) is 23.9 Å². The predicted molar refractivity (Wildman–Crippen MR) is 179 cm³/mol. The molecule has 260 valence electrons. The number of allylic oxidation sites excluding steroid dienone is 2. The summed E-state index contributed by atoms with van der Waals surface area (Å²) in [5.74, 6) is -0.696. The summed E-state index contributed by atoms with van der Waals surface area (Å²) in [5, 5.41) is 3.05. The molecule has 3 aliphatic rings. The van der Waals surface area contributed by atoms with Crippen molar-refractivity contribution in [1.29, 1.82) is 0 Å². The third kappa shape index (κ3) is 10.6. The molecule has 0 radical (unpaired) electrons. The Morgan fingerprint density at radius 1 is 1.11 bits per heavy atom. The summed E-state index contributed by atoms with van der Waals surface area (Å²) in [6.07, 6.45) is 9.99. The first-order valence-electron chi connectivity index (χ1n) is 16.6. The van der Waals surface area contributed by atoms with Crippen LogP contribution in [0.15, 0.2) is 36.0 Å². The topological polar surface area (TPSA) is 122 Å². The van der Waals surface area contributed by atoms with Gasteiger partial charge in [0.05, 0.1) is 44.5 Å². The van der Waals surface area contributed by atoms with E-state index in [-0.39, 0.29) is 71.8 Å². The fraction of sp³-hybridized carbons (Fsp3) is 0.743. The average Bonchev–Trinajstić information content (AvgIpc) is 3.71. The minimum absolute atomic E-state index is 0.0131. The third-order valence-electron chi connectivity index (χ3n) is 9.74. The summed E-state index contributed by atoms with van der Waals surface area (Å²) in [6, 6.07) is -0.117. The van der Waals surface area contributed by atoms with Gasteiger partial charge >= 0.3 is 11.9 Å². The molecule has 1 N–H and O–H groups in total. The summed E-state index contributed by atoms with van der Waals surface area (Å²) < 4.78 is 35.8. The second-order valence-electron chi connectivity index (χ2n) is 14.8. The Morgan fingerprint density at radius 3 is 2.37 bits per heavy atom. The quantitative estimate of drug-likeness (QED) is 0.0940. The lowest BCUT2D eigenvalue weighted by Gasteiger charge is -2.46. The Labute approximate surface area is 276 Å². The first-order chi connectivity index (χ1) is 21.4. The van der Waals surface area contributed by atoms with Crippen LogP contribution in [0.3, 0.4) is 0 Å². The molecule has 3 heterocycles. The van der Waals surface area contributed by atoms with Crippen LogP contribution in [-0.2, 0) is 42.5 Å². The molecule has 11 heteroatoms. The molecule has 0 aromatic heterocycles. The number of ether oxygens (including phenoxy) is 5. The van der Waals surface area contributed by atoms with E-state index in [0.29, 0.717) is 13.0 Å². The Morgan fingerprint density at radius 2 is 1.78 bits per heavy atom. The number of hydrogen-bond acceptors (Lipinski definition) is 9. The number of carbonyl (C=O) groups is 3. The number of carbonyl (C=O) groups excluding carboxylic acids is 3. The molecule has 3 aliphatic heterocycles. The van der Waals surface area contributed by atoms with E-state index in [0.717, 1.165) is 18.4 Å². The van der Waals surface area contributed by atoms with Gasteiger partial charge in [0, 0.05) is 19.4 Å². The van der Waals surface area contributed by atoms with Crippen LogP contribution in [0, 0.1) is 5.92 Å². The zero-order valence-electron chi connectivity index (χ0n) is 29.7. The molecule has 1 spiro atoms. The third-order valence-corrected chi connectivity index (χ3v) is 14.2. The van der Waals surface area contributed by atoms with Gasteiger partial charge in [0.15, 0.2) is 8.32 Å². The van der Waals surface area contributed by atoms with E-state index >= 15 is 0 Å². The number of methoxy groups -OCH3 is 1. The first kappa shape index (κ1) is 38.1. The van der Waals surface area contributed by atoms with Gasteiger partial charge in [0.2, 0.25) is 5.91 Å². The van der Waals surface area contributed by atoms with Gasteiger partial charge in [-0.3, -0.25) is 14.4 Å². The van der Waals surface area contributed by atoms with Gasteiger partial charge in [0.25, 0.3) is 0 Å². The van der Waals surface area contributed by atoms with Crippen molar-refractivity contribution in [2.24, 2.45) is 5.92 Å². The van der Waals surface area contributed by atoms with Crippen LogP contribution >= 0.6 is 0 Å². The van der Waals surface area contributed by atoms with Crippen LogP contribution in [0.25, 0.3) is 0 Å². The second-order valence-corrected chi connectivity index (χ2v) is 19.5. The van der Waals surface area contributed by atoms with Crippen molar-refractivity contribution in [2.75, 3.05) is 13.7 Å². The number of nitrogens with one attached hydrogen (secondary N) is 1. The summed E-state index contributed by atoms with van der Waals surface area (Å²) >= 11 is 0. The second kappa shape index (κ2) is 15.7. The highest BCUT2D eigenvalue weighted by atomic mass is 28.4. The average molecular weight is 664 g/mol. The molecule has 9 atom stereocenters. The smallest absolute Gasteiger partial charge is 0.308 e. The maximum absolute atomic E-state index is 12.5. The zero-order chi connectivity index (χ0) is 34.4. The molecule has 0 aliphatic carbocycles. The Hall–Kier alpha value is -2.31. The Balaban J connectivity index is 1.64. The fourth-order valence-corrected chi connectivity index (χ4v) is 7.14. The Kier molecular flexibility index (Phi) is 13.0. The lowest BCUT2D eigenvalue weighted by atomic mass is 9.87. The molecule has 1 amide bonds. The van der Waals surface area contributed by atoms with Crippen molar-refractivity contribution >= 4 is 26.2 Å². The number of epoxide rings is 1. The summed E-state index contributed by atoms with van der Waals surface area (Å²) in [7, 11) is -0.754. The molecule has 10 nitrogen and oxygen atoms in total. The van der Waals surface area contributed by atoms with Crippen molar-refractivity contribution in [3.05, 3.63) is 36.0 Å². The van der Waals surface area contributed by atoms with Gasteiger partial charge < -0.3 is 33.4 Å². The highest BCUT2D eigenvalue weighted by Gasteiger charge is 2.61. The molecule has 0 aromatic carbocycles. The minimum Gasteiger partial charge on any atom is -0.469 e. The SMILES string of the molecule is COC(=O)C[C@@H]1C[C@@]2(CO2)[C@H](O[Si](C)(C)C(C)(C)C)[C@@H](/C=C/C(C)=C/C[C@@H]2O[C@H](C)[C@H](NC(=O)/C=C\[C@H](C)OC(C)=O)C[C@@H]2C)O1. The molecule has 3 rings (SSSR count). The van der Waals surface area contributed by atoms with Crippen LogP contribution in [0.1, 0.15) is 81.1 Å². The van der Waals surface area contributed by atoms with Crippen molar-refractivity contribution in [1.82, 2.24) is 5.32 Å². The highest BCUT2D eigenvalue weighted by molar-refractivity contribution is 6.74. The van der Waals surface area contributed by atoms with Crippen molar-refractivity contribution < 1.29 is 42.5 Å².